The lowest BCUT2D eigenvalue weighted by Crippen LogP contribution is -2.30. The number of amides is 2. The van der Waals surface area contributed by atoms with E-state index in [9.17, 15) is 9.59 Å². The van der Waals surface area contributed by atoms with Gasteiger partial charge in [0.05, 0.1) is 17.2 Å². The molecule has 7 nitrogen and oxygen atoms in total. The molecule has 1 aliphatic rings. The normalized spacial score (nSPS) is 14.3. The standard InChI is InChI=1S/C24H26ClN5O2S/c1-16(28(2)3)21-26-27-24(30(21)18-12-10-17(25)11-13-18)33-15-7-6-14-29-22(31)19-8-4-5-9-20(19)23(29)32/h4-5,8-13,16H,6-7,14-15H2,1-3H3. The Morgan fingerprint density at radius 3 is 2.21 bits per heavy atom. The van der Waals surface area contributed by atoms with E-state index in [0.29, 0.717) is 22.7 Å². The van der Waals surface area contributed by atoms with Crippen LogP contribution in [0, 0.1) is 0 Å². The summed E-state index contributed by atoms with van der Waals surface area (Å²) in [5.74, 6) is 1.25. The average molecular weight is 484 g/mol. The lowest BCUT2D eigenvalue weighted by Gasteiger charge is -2.20. The van der Waals surface area contributed by atoms with Gasteiger partial charge in [0.1, 0.15) is 0 Å². The molecule has 0 bridgehead atoms. The third-order valence-corrected chi connectivity index (χ3v) is 7.04. The summed E-state index contributed by atoms with van der Waals surface area (Å²) in [5.41, 5.74) is 1.95. The molecule has 4 rings (SSSR count). The van der Waals surface area contributed by atoms with E-state index in [1.165, 1.54) is 4.90 Å². The molecule has 2 heterocycles. The van der Waals surface area contributed by atoms with E-state index in [-0.39, 0.29) is 17.9 Å². The molecule has 0 radical (unpaired) electrons. The zero-order valence-corrected chi connectivity index (χ0v) is 20.4. The maximum absolute atomic E-state index is 12.5. The predicted molar refractivity (Wildman–Crippen MR) is 130 cm³/mol. The summed E-state index contributed by atoms with van der Waals surface area (Å²) in [6.45, 7) is 2.51. The molecule has 1 atom stereocenters. The summed E-state index contributed by atoms with van der Waals surface area (Å²) < 4.78 is 2.07. The van der Waals surface area contributed by atoms with Crippen LogP contribution < -0.4 is 0 Å². The van der Waals surface area contributed by atoms with Crippen LogP contribution >= 0.6 is 23.4 Å². The van der Waals surface area contributed by atoms with Gasteiger partial charge in [-0.2, -0.15) is 0 Å². The van der Waals surface area contributed by atoms with Gasteiger partial charge < -0.3 is 0 Å². The van der Waals surface area contributed by atoms with Gasteiger partial charge in [-0.25, -0.2) is 0 Å². The number of imide groups is 1. The van der Waals surface area contributed by atoms with Crippen LogP contribution in [0.15, 0.2) is 53.7 Å². The Morgan fingerprint density at radius 2 is 1.61 bits per heavy atom. The smallest absolute Gasteiger partial charge is 0.261 e. The minimum atomic E-state index is -0.201. The van der Waals surface area contributed by atoms with Crippen molar-refractivity contribution in [3.8, 4) is 5.69 Å². The second-order valence-corrected chi connectivity index (χ2v) is 9.65. The predicted octanol–water partition coefficient (Wildman–Crippen LogP) is 4.71. The van der Waals surface area contributed by atoms with E-state index in [0.717, 1.165) is 35.3 Å². The monoisotopic (exact) mass is 483 g/mol. The zero-order valence-electron chi connectivity index (χ0n) is 18.9. The van der Waals surface area contributed by atoms with Gasteiger partial charge in [-0.05, 0) is 70.3 Å². The van der Waals surface area contributed by atoms with Crippen molar-refractivity contribution in [2.24, 2.45) is 0 Å². The van der Waals surface area contributed by atoms with E-state index < -0.39 is 0 Å². The Labute approximate surface area is 202 Å². The number of hydrogen-bond donors (Lipinski definition) is 0. The van der Waals surface area contributed by atoms with Gasteiger partial charge >= 0.3 is 0 Å². The van der Waals surface area contributed by atoms with E-state index in [1.807, 2.05) is 38.4 Å². The fraction of sp³-hybridized carbons (Fsp3) is 0.333. The van der Waals surface area contributed by atoms with Crippen molar-refractivity contribution in [2.75, 3.05) is 26.4 Å². The molecule has 0 N–H and O–H groups in total. The van der Waals surface area contributed by atoms with Crippen LogP contribution in [0.25, 0.3) is 5.69 Å². The average Bonchev–Trinajstić information content (AvgIpc) is 3.33. The van der Waals surface area contributed by atoms with E-state index in [1.54, 1.807) is 36.0 Å². The van der Waals surface area contributed by atoms with Crippen LogP contribution in [-0.4, -0.2) is 62.8 Å². The highest BCUT2D eigenvalue weighted by molar-refractivity contribution is 7.99. The lowest BCUT2D eigenvalue weighted by molar-refractivity contribution is 0.0652. The van der Waals surface area contributed by atoms with Crippen molar-refractivity contribution in [3.05, 3.63) is 70.5 Å². The van der Waals surface area contributed by atoms with Crippen LogP contribution in [0.2, 0.25) is 5.02 Å². The first-order valence-corrected chi connectivity index (χ1v) is 12.2. The Bertz CT molecular complexity index is 1130. The fourth-order valence-corrected chi connectivity index (χ4v) is 4.77. The second-order valence-electron chi connectivity index (χ2n) is 8.16. The van der Waals surface area contributed by atoms with Crippen molar-refractivity contribution in [1.82, 2.24) is 24.6 Å². The van der Waals surface area contributed by atoms with Crippen LogP contribution in [-0.2, 0) is 0 Å². The fourth-order valence-electron chi connectivity index (χ4n) is 3.69. The molecule has 0 saturated heterocycles. The van der Waals surface area contributed by atoms with Gasteiger partial charge in [0, 0.05) is 23.0 Å². The molecule has 1 aliphatic heterocycles. The van der Waals surface area contributed by atoms with Gasteiger partial charge in [0.25, 0.3) is 11.8 Å². The van der Waals surface area contributed by atoms with Crippen LogP contribution in [0.5, 0.6) is 0 Å². The van der Waals surface area contributed by atoms with Gasteiger partial charge in [0.15, 0.2) is 11.0 Å². The molecule has 0 aliphatic carbocycles. The first-order valence-electron chi connectivity index (χ1n) is 10.8. The number of halogens is 1. The van der Waals surface area contributed by atoms with E-state index >= 15 is 0 Å². The molecule has 9 heteroatoms. The maximum atomic E-state index is 12.5. The van der Waals surface area contributed by atoms with Crippen molar-refractivity contribution in [2.45, 2.75) is 31.0 Å². The molecule has 3 aromatic rings. The first-order chi connectivity index (χ1) is 15.9. The van der Waals surface area contributed by atoms with E-state index in [2.05, 4.69) is 26.6 Å². The summed E-state index contributed by atoms with van der Waals surface area (Å²) in [5, 5.41) is 10.4. The summed E-state index contributed by atoms with van der Waals surface area (Å²) in [6, 6.07) is 14.7. The van der Waals surface area contributed by atoms with Crippen LogP contribution in [0.4, 0.5) is 0 Å². The number of unbranched alkanes of at least 4 members (excludes halogenated alkanes) is 1. The van der Waals surface area contributed by atoms with Crippen LogP contribution in [0.1, 0.15) is 52.3 Å². The second kappa shape index (κ2) is 10.1. The lowest BCUT2D eigenvalue weighted by atomic mass is 10.1. The number of hydrogen-bond acceptors (Lipinski definition) is 6. The van der Waals surface area contributed by atoms with Crippen molar-refractivity contribution in [1.29, 1.82) is 0 Å². The number of carbonyl (C=O) groups is 2. The molecule has 1 unspecified atom stereocenters. The Balaban J connectivity index is 1.39. The van der Waals surface area contributed by atoms with Crippen molar-refractivity contribution < 1.29 is 9.59 Å². The topological polar surface area (TPSA) is 71.3 Å². The summed E-state index contributed by atoms with van der Waals surface area (Å²) in [7, 11) is 4.02. The Kier molecular flexibility index (Phi) is 7.17. The highest BCUT2D eigenvalue weighted by atomic mass is 35.5. The molecule has 2 amide bonds. The number of thioether (sulfide) groups is 1. The number of aromatic nitrogens is 3. The quantitative estimate of drug-likeness (QED) is 0.249. The molecule has 0 saturated carbocycles. The van der Waals surface area contributed by atoms with Gasteiger partial charge in [-0.1, -0.05) is 35.5 Å². The van der Waals surface area contributed by atoms with Gasteiger partial charge in [0.2, 0.25) is 0 Å². The third kappa shape index (κ3) is 4.83. The summed E-state index contributed by atoms with van der Waals surface area (Å²) >= 11 is 7.70. The molecule has 172 valence electrons. The number of nitrogens with zero attached hydrogens (tertiary/aromatic N) is 5. The van der Waals surface area contributed by atoms with Crippen LogP contribution in [0.3, 0.4) is 0 Å². The molecular formula is C24H26ClN5O2S. The highest BCUT2D eigenvalue weighted by Crippen LogP contribution is 2.28. The van der Waals surface area contributed by atoms with Gasteiger partial charge in [-0.15, -0.1) is 10.2 Å². The highest BCUT2D eigenvalue weighted by Gasteiger charge is 2.34. The molecule has 0 fully saturated rings. The minimum absolute atomic E-state index is 0.0800. The Morgan fingerprint density at radius 1 is 0.970 bits per heavy atom. The largest absolute Gasteiger partial charge is 0.300 e. The maximum Gasteiger partial charge on any atom is 0.261 e. The molecule has 1 aromatic heterocycles. The molecular weight excluding hydrogens is 458 g/mol. The SMILES string of the molecule is CC(c1nnc(SCCCCN2C(=O)c3ccccc3C2=O)n1-c1ccc(Cl)cc1)N(C)C. The zero-order chi connectivity index (χ0) is 23.5. The van der Waals surface area contributed by atoms with Crippen molar-refractivity contribution >= 4 is 35.2 Å². The van der Waals surface area contributed by atoms with Gasteiger partial charge in [-0.3, -0.25) is 24.0 Å². The third-order valence-electron chi connectivity index (χ3n) is 5.78. The number of carbonyl (C=O) groups excluding carboxylic acids is 2. The Hall–Kier alpha value is -2.68. The number of fused-ring (bicyclic) bond motifs is 1. The number of benzene rings is 2. The number of rotatable bonds is 9. The van der Waals surface area contributed by atoms with Crippen molar-refractivity contribution in [3.63, 3.8) is 0 Å². The van der Waals surface area contributed by atoms with E-state index in [4.69, 9.17) is 11.6 Å². The summed E-state index contributed by atoms with van der Waals surface area (Å²) in [4.78, 5) is 28.4. The molecule has 0 spiro atoms. The molecule has 2 aromatic carbocycles. The first kappa shape index (κ1) is 23.5. The minimum Gasteiger partial charge on any atom is -0.300 e. The molecule has 33 heavy (non-hydrogen) atoms. The summed E-state index contributed by atoms with van der Waals surface area (Å²) in [6.07, 6.45) is 1.57.